The summed E-state index contributed by atoms with van der Waals surface area (Å²) in [5.74, 6) is -0.655. The average Bonchev–Trinajstić information content (AvgIpc) is 2.81. The summed E-state index contributed by atoms with van der Waals surface area (Å²) in [5, 5.41) is 78.0. The molecule has 0 bridgehead atoms. The molecule has 0 saturated heterocycles. The monoisotopic (exact) mass is 502 g/mol. The van der Waals surface area contributed by atoms with Crippen molar-refractivity contribution in [3.05, 3.63) is 0 Å². The van der Waals surface area contributed by atoms with Gasteiger partial charge in [-0.05, 0) is 6.42 Å². The standard InChI is InChI=1S/C16H32O2.2C3H8O3.BH3O3/c1-2-3-4-5-6-7-8-9-10-11-12-13-14-15-16(17)18;2*4-1-3(6)2-5;2-1(3)4/h2-15H2,1H3,(H,17,18);2*3-6H,1-2H2;2-4H. The number of aliphatic hydroxyl groups excluding tert-OH is 6. The molecule has 208 valence electrons. The second-order valence-corrected chi connectivity index (χ2v) is 7.77. The topological polar surface area (TPSA) is 219 Å². The van der Waals surface area contributed by atoms with Crippen LogP contribution < -0.4 is 0 Å². The van der Waals surface area contributed by atoms with Crippen LogP contribution in [0.15, 0.2) is 0 Å². The minimum Gasteiger partial charge on any atom is -0.481 e. The normalized spacial score (nSPS) is 10.0. The van der Waals surface area contributed by atoms with Crippen LogP contribution in [0.3, 0.4) is 0 Å². The van der Waals surface area contributed by atoms with Gasteiger partial charge in [0, 0.05) is 6.42 Å². The van der Waals surface area contributed by atoms with Gasteiger partial charge in [-0.1, -0.05) is 84.0 Å². The van der Waals surface area contributed by atoms with Crippen LogP contribution in [0.1, 0.15) is 96.8 Å². The minimum absolute atomic E-state index is 0.345. The van der Waals surface area contributed by atoms with Gasteiger partial charge < -0.3 is 50.8 Å². The quantitative estimate of drug-likeness (QED) is 0.0899. The molecule has 34 heavy (non-hydrogen) atoms. The second-order valence-electron chi connectivity index (χ2n) is 7.77. The third-order valence-electron chi connectivity index (χ3n) is 4.34. The molecule has 0 aliphatic heterocycles. The molecule has 0 radical (unpaired) electrons. The molecule has 0 saturated carbocycles. The zero-order chi connectivity index (χ0) is 27.0. The largest absolute Gasteiger partial charge is 0.631 e. The van der Waals surface area contributed by atoms with Gasteiger partial charge in [0.2, 0.25) is 0 Å². The van der Waals surface area contributed by atoms with E-state index in [-0.39, 0.29) is 26.4 Å². The Bertz CT molecular complexity index is 343. The lowest BCUT2D eigenvalue weighted by Gasteiger charge is -2.02. The highest BCUT2D eigenvalue weighted by atomic mass is 16.5. The molecule has 10 N–H and O–H groups in total. The van der Waals surface area contributed by atoms with E-state index in [1.807, 2.05) is 0 Å². The van der Waals surface area contributed by atoms with Crippen LogP contribution in [0.5, 0.6) is 0 Å². The van der Waals surface area contributed by atoms with Gasteiger partial charge in [-0.25, -0.2) is 0 Å². The van der Waals surface area contributed by atoms with E-state index in [4.69, 9.17) is 50.8 Å². The van der Waals surface area contributed by atoms with Crippen LogP contribution in [0.4, 0.5) is 0 Å². The Labute approximate surface area is 204 Å². The second kappa shape index (κ2) is 36.7. The van der Waals surface area contributed by atoms with Crippen molar-refractivity contribution in [1.29, 1.82) is 0 Å². The highest BCUT2D eigenvalue weighted by molar-refractivity contribution is 6.30. The van der Waals surface area contributed by atoms with E-state index in [1.165, 1.54) is 70.6 Å². The summed E-state index contributed by atoms with van der Waals surface area (Å²) in [6.45, 7) is 0.802. The number of unbranched alkanes of at least 4 members (excludes halogenated alkanes) is 12. The van der Waals surface area contributed by atoms with Gasteiger partial charge in [0.25, 0.3) is 0 Å². The Morgan fingerprint density at radius 2 is 0.824 bits per heavy atom. The van der Waals surface area contributed by atoms with Gasteiger partial charge in [0.1, 0.15) is 12.2 Å². The van der Waals surface area contributed by atoms with E-state index >= 15 is 0 Å². The van der Waals surface area contributed by atoms with Crippen LogP contribution in [-0.4, -0.2) is 103 Å². The van der Waals surface area contributed by atoms with E-state index < -0.39 is 25.5 Å². The Morgan fingerprint density at radius 1 is 0.588 bits per heavy atom. The van der Waals surface area contributed by atoms with Crippen LogP contribution in [0, 0.1) is 0 Å². The fourth-order valence-electron chi connectivity index (χ4n) is 2.41. The third kappa shape index (κ3) is 57.7. The predicted octanol–water partition coefficient (Wildman–Crippen LogP) is 0.164. The molecule has 0 aliphatic rings. The Hall–Kier alpha value is -0.825. The maximum absolute atomic E-state index is 10.3. The summed E-state index contributed by atoms with van der Waals surface area (Å²) in [6, 6.07) is 0. The van der Waals surface area contributed by atoms with Crippen molar-refractivity contribution in [2.45, 2.75) is 109 Å². The van der Waals surface area contributed by atoms with E-state index in [0.29, 0.717) is 6.42 Å². The molecule has 12 heteroatoms. The molecule has 0 aromatic rings. The molecule has 0 aliphatic carbocycles. The van der Waals surface area contributed by atoms with Crippen molar-refractivity contribution in [3.8, 4) is 0 Å². The summed E-state index contributed by atoms with van der Waals surface area (Å²) in [5.41, 5.74) is 0. The zero-order valence-corrected chi connectivity index (χ0v) is 20.8. The number of hydrogen-bond donors (Lipinski definition) is 10. The van der Waals surface area contributed by atoms with E-state index in [1.54, 1.807) is 0 Å². The molecular formula is C22H51BO11. The SMILES string of the molecule is CCCCCCCCCCCCCCCC(=O)O.OB(O)O.OCC(O)CO.OCC(O)CO. The first-order valence-corrected chi connectivity index (χ1v) is 12.2. The molecule has 0 atom stereocenters. The number of carboxylic acids is 1. The first kappa shape index (κ1) is 40.3. The zero-order valence-electron chi connectivity index (χ0n) is 20.8. The van der Waals surface area contributed by atoms with Gasteiger partial charge in [-0.15, -0.1) is 0 Å². The van der Waals surface area contributed by atoms with Crippen LogP contribution in [0.2, 0.25) is 0 Å². The van der Waals surface area contributed by atoms with Crippen LogP contribution in [0.25, 0.3) is 0 Å². The molecule has 0 unspecified atom stereocenters. The molecular weight excluding hydrogens is 451 g/mol. The molecule has 0 rings (SSSR count). The molecule has 0 aromatic carbocycles. The van der Waals surface area contributed by atoms with Gasteiger partial charge in [-0.2, -0.15) is 0 Å². The van der Waals surface area contributed by atoms with Crippen molar-refractivity contribution in [2.75, 3.05) is 26.4 Å². The molecule has 0 heterocycles. The number of aliphatic carboxylic acids is 1. The molecule has 0 spiro atoms. The van der Waals surface area contributed by atoms with Crippen LogP contribution in [-0.2, 0) is 4.79 Å². The van der Waals surface area contributed by atoms with Gasteiger partial charge >= 0.3 is 13.3 Å². The first-order chi connectivity index (χ1) is 16.1. The van der Waals surface area contributed by atoms with E-state index in [9.17, 15) is 4.79 Å². The van der Waals surface area contributed by atoms with Crippen molar-refractivity contribution in [1.82, 2.24) is 0 Å². The third-order valence-corrected chi connectivity index (χ3v) is 4.34. The smallest absolute Gasteiger partial charge is 0.481 e. The summed E-state index contributed by atoms with van der Waals surface area (Å²) < 4.78 is 0. The minimum atomic E-state index is -2.17. The Kier molecular flexibility index (Phi) is 43.6. The highest BCUT2D eigenvalue weighted by Gasteiger charge is 1.97. The lowest BCUT2D eigenvalue weighted by Crippen LogP contribution is -2.15. The van der Waals surface area contributed by atoms with Gasteiger partial charge in [-0.3, -0.25) is 4.79 Å². The van der Waals surface area contributed by atoms with Crippen molar-refractivity contribution < 1.29 is 55.6 Å². The maximum atomic E-state index is 10.3. The fourth-order valence-corrected chi connectivity index (χ4v) is 2.41. The Balaban J connectivity index is -0.000000228. The Morgan fingerprint density at radius 3 is 1.00 bits per heavy atom. The highest BCUT2D eigenvalue weighted by Crippen LogP contribution is 2.12. The van der Waals surface area contributed by atoms with Crippen molar-refractivity contribution in [2.24, 2.45) is 0 Å². The number of hydrogen-bond acceptors (Lipinski definition) is 10. The summed E-state index contributed by atoms with van der Waals surface area (Å²) in [7, 11) is -2.17. The van der Waals surface area contributed by atoms with Crippen LogP contribution >= 0.6 is 0 Å². The number of carbonyl (C=O) groups is 1. The lowest BCUT2D eigenvalue weighted by molar-refractivity contribution is -0.137. The van der Waals surface area contributed by atoms with E-state index in [0.717, 1.165) is 12.8 Å². The fraction of sp³-hybridized carbons (Fsp3) is 0.955. The number of aliphatic hydroxyl groups is 6. The maximum Gasteiger partial charge on any atom is 0.631 e. The van der Waals surface area contributed by atoms with E-state index in [2.05, 4.69) is 6.92 Å². The predicted molar refractivity (Wildman–Crippen MR) is 131 cm³/mol. The molecule has 0 amide bonds. The van der Waals surface area contributed by atoms with Gasteiger partial charge in [0.15, 0.2) is 0 Å². The first-order valence-electron chi connectivity index (χ1n) is 12.2. The number of carboxylic acid groups (broad SMARTS) is 1. The van der Waals surface area contributed by atoms with Crippen molar-refractivity contribution >= 4 is 13.3 Å². The summed E-state index contributed by atoms with van der Waals surface area (Å²) in [6.07, 6.45) is 15.4. The number of rotatable bonds is 18. The molecule has 0 aromatic heterocycles. The average molecular weight is 502 g/mol. The summed E-state index contributed by atoms with van der Waals surface area (Å²) in [4.78, 5) is 10.3. The van der Waals surface area contributed by atoms with Crippen molar-refractivity contribution in [3.63, 3.8) is 0 Å². The molecule has 0 fully saturated rings. The summed E-state index contributed by atoms with van der Waals surface area (Å²) >= 11 is 0. The van der Waals surface area contributed by atoms with Gasteiger partial charge in [0.05, 0.1) is 26.4 Å². The lowest BCUT2D eigenvalue weighted by atomic mass is 10.0. The molecule has 11 nitrogen and oxygen atoms in total.